The zero-order valence-electron chi connectivity index (χ0n) is 7.90. The van der Waals surface area contributed by atoms with Gasteiger partial charge in [0.15, 0.2) is 0 Å². The molecule has 0 saturated carbocycles. The molecule has 0 fully saturated rings. The number of carboxylic acid groups (broad SMARTS) is 1. The van der Waals surface area contributed by atoms with Crippen LogP contribution in [0.15, 0.2) is 18.5 Å². The molecule has 1 unspecified atom stereocenters. The Hall–Kier alpha value is -1.63. The fourth-order valence-corrected chi connectivity index (χ4v) is 1.21. The van der Waals surface area contributed by atoms with E-state index in [1.165, 1.54) is 0 Å². The summed E-state index contributed by atoms with van der Waals surface area (Å²) >= 11 is 0. The van der Waals surface area contributed by atoms with Crippen molar-refractivity contribution < 1.29 is 28.2 Å². The highest BCUT2D eigenvalue weighted by atomic mass is 19.4. The average molecular weight is 235 g/mol. The second-order valence-electron chi connectivity index (χ2n) is 3.07. The number of aliphatic carboxylic acids is 1. The van der Waals surface area contributed by atoms with Crippen LogP contribution >= 0.6 is 0 Å². The summed E-state index contributed by atoms with van der Waals surface area (Å²) < 4.78 is 37.4. The zero-order valence-corrected chi connectivity index (χ0v) is 7.90. The number of nitrogens with zero attached hydrogens (tertiary/aromatic N) is 1. The largest absolute Gasteiger partial charge is 0.481 e. The summed E-state index contributed by atoms with van der Waals surface area (Å²) in [5.41, 5.74) is -1.60. The molecule has 0 spiro atoms. The molecular weight excluding hydrogens is 227 g/mol. The number of rotatable bonds is 3. The van der Waals surface area contributed by atoms with E-state index in [2.05, 4.69) is 4.98 Å². The molecule has 1 aromatic heterocycles. The summed E-state index contributed by atoms with van der Waals surface area (Å²) in [6.07, 6.45) is -5.41. The van der Waals surface area contributed by atoms with Crippen LogP contribution in [0.1, 0.15) is 23.7 Å². The van der Waals surface area contributed by atoms with E-state index in [1.54, 1.807) is 0 Å². The lowest BCUT2D eigenvalue weighted by Crippen LogP contribution is -2.14. The minimum Gasteiger partial charge on any atom is -0.481 e. The molecule has 4 nitrogen and oxygen atoms in total. The SMILES string of the molecule is O=C(O)CC(O)c1cnccc1C(F)(F)F. The van der Waals surface area contributed by atoms with E-state index in [1.807, 2.05) is 0 Å². The van der Waals surface area contributed by atoms with E-state index in [0.717, 1.165) is 12.4 Å². The Morgan fingerprint density at radius 1 is 1.50 bits per heavy atom. The molecule has 1 rings (SSSR count). The second-order valence-corrected chi connectivity index (χ2v) is 3.07. The van der Waals surface area contributed by atoms with Gasteiger partial charge in [-0.25, -0.2) is 0 Å². The van der Waals surface area contributed by atoms with E-state index in [-0.39, 0.29) is 0 Å². The standard InChI is InChI=1S/C9H8F3NO3/c10-9(11,12)6-1-2-13-4-5(6)7(14)3-8(15)16/h1-2,4,7,14H,3H2,(H,15,16). The van der Waals surface area contributed by atoms with Gasteiger partial charge in [0.05, 0.1) is 18.1 Å². The Labute approximate surface area is 88.4 Å². The molecule has 1 atom stereocenters. The van der Waals surface area contributed by atoms with Gasteiger partial charge in [-0.3, -0.25) is 9.78 Å². The predicted molar refractivity (Wildman–Crippen MR) is 46.5 cm³/mol. The van der Waals surface area contributed by atoms with Crippen molar-refractivity contribution in [1.82, 2.24) is 4.98 Å². The van der Waals surface area contributed by atoms with Crippen LogP contribution < -0.4 is 0 Å². The summed E-state index contributed by atoms with van der Waals surface area (Å²) in [4.78, 5) is 13.7. The van der Waals surface area contributed by atoms with Crippen molar-refractivity contribution in [3.63, 3.8) is 0 Å². The first kappa shape index (κ1) is 12.4. The molecule has 2 N–H and O–H groups in total. The summed E-state index contributed by atoms with van der Waals surface area (Å²) in [6, 6.07) is 0.695. The van der Waals surface area contributed by atoms with Crippen molar-refractivity contribution in [3.8, 4) is 0 Å². The van der Waals surface area contributed by atoms with E-state index in [9.17, 15) is 23.1 Å². The molecule has 0 radical (unpaired) electrons. The minimum absolute atomic E-state index is 0.530. The normalized spacial score (nSPS) is 13.5. The molecule has 0 bridgehead atoms. The summed E-state index contributed by atoms with van der Waals surface area (Å²) in [5.74, 6) is -1.38. The zero-order chi connectivity index (χ0) is 12.3. The molecule has 1 heterocycles. The number of pyridine rings is 1. The number of aromatic nitrogens is 1. The van der Waals surface area contributed by atoms with Crippen molar-refractivity contribution in [1.29, 1.82) is 0 Å². The lowest BCUT2D eigenvalue weighted by Gasteiger charge is -2.15. The number of aliphatic hydroxyl groups excluding tert-OH is 1. The molecule has 0 aliphatic rings. The number of halogens is 3. The summed E-state index contributed by atoms with van der Waals surface area (Å²) in [6.45, 7) is 0. The fraction of sp³-hybridized carbons (Fsp3) is 0.333. The Morgan fingerprint density at radius 2 is 2.12 bits per heavy atom. The van der Waals surface area contributed by atoms with Crippen molar-refractivity contribution in [3.05, 3.63) is 29.6 Å². The van der Waals surface area contributed by atoms with Crippen molar-refractivity contribution in [2.75, 3.05) is 0 Å². The van der Waals surface area contributed by atoms with Crippen LogP contribution in [0.3, 0.4) is 0 Å². The van der Waals surface area contributed by atoms with Crippen molar-refractivity contribution in [2.24, 2.45) is 0 Å². The molecule has 0 amide bonds. The van der Waals surface area contributed by atoms with Gasteiger partial charge in [-0.05, 0) is 6.07 Å². The van der Waals surface area contributed by atoms with Gasteiger partial charge in [0.1, 0.15) is 0 Å². The average Bonchev–Trinajstić information content (AvgIpc) is 2.15. The van der Waals surface area contributed by atoms with Gasteiger partial charge >= 0.3 is 12.1 Å². The first-order valence-electron chi connectivity index (χ1n) is 4.23. The lowest BCUT2D eigenvalue weighted by atomic mass is 10.0. The van der Waals surface area contributed by atoms with Crippen LogP contribution in [0.25, 0.3) is 0 Å². The van der Waals surface area contributed by atoms with E-state index >= 15 is 0 Å². The number of carboxylic acids is 1. The lowest BCUT2D eigenvalue weighted by molar-refractivity contribution is -0.143. The third-order valence-electron chi connectivity index (χ3n) is 1.88. The van der Waals surface area contributed by atoms with Crippen LogP contribution in [0.2, 0.25) is 0 Å². The molecule has 0 aliphatic heterocycles. The molecule has 88 valence electrons. The van der Waals surface area contributed by atoms with Crippen LogP contribution in [-0.2, 0) is 11.0 Å². The van der Waals surface area contributed by atoms with Crippen LogP contribution in [0.5, 0.6) is 0 Å². The maximum Gasteiger partial charge on any atom is 0.416 e. The number of alkyl halides is 3. The van der Waals surface area contributed by atoms with E-state index in [0.29, 0.717) is 6.07 Å². The van der Waals surface area contributed by atoms with Crippen molar-refractivity contribution >= 4 is 5.97 Å². The highest BCUT2D eigenvalue weighted by molar-refractivity contribution is 5.67. The van der Waals surface area contributed by atoms with Crippen LogP contribution in [-0.4, -0.2) is 21.2 Å². The van der Waals surface area contributed by atoms with Gasteiger partial charge in [0.2, 0.25) is 0 Å². The molecule has 0 aromatic carbocycles. The predicted octanol–water partition coefficient (Wildman–Crippen LogP) is 1.61. The maximum absolute atomic E-state index is 12.5. The first-order valence-corrected chi connectivity index (χ1v) is 4.23. The number of hydrogen-bond acceptors (Lipinski definition) is 3. The Bertz CT molecular complexity index is 392. The third kappa shape index (κ3) is 2.93. The molecule has 16 heavy (non-hydrogen) atoms. The maximum atomic E-state index is 12.5. The van der Waals surface area contributed by atoms with Crippen LogP contribution in [0, 0.1) is 0 Å². The monoisotopic (exact) mass is 235 g/mol. The van der Waals surface area contributed by atoms with Gasteiger partial charge in [0, 0.05) is 18.0 Å². The Balaban J connectivity index is 3.08. The van der Waals surface area contributed by atoms with Gasteiger partial charge in [-0.2, -0.15) is 13.2 Å². The van der Waals surface area contributed by atoms with Crippen LogP contribution in [0.4, 0.5) is 13.2 Å². The smallest absolute Gasteiger partial charge is 0.416 e. The number of hydrogen-bond donors (Lipinski definition) is 2. The molecule has 0 saturated heterocycles. The molecule has 0 aliphatic carbocycles. The van der Waals surface area contributed by atoms with E-state index in [4.69, 9.17) is 5.11 Å². The molecular formula is C9H8F3NO3. The van der Waals surface area contributed by atoms with Gasteiger partial charge in [-0.1, -0.05) is 0 Å². The van der Waals surface area contributed by atoms with Gasteiger partial charge in [-0.15, -0.1) is 0 Å². The quantitative estimate of drug-likeness (QED) is 0.834. The Kier molecular flexibility index (Phi) is 3.48. The molecule has 1 aromatic rings. The van der Waals surface area contributed by atoms with Crippen molar-refractivity contribution in [2.45, 2.75) is 18.7 Å². The number of aliphatic hydroxyl groups is 1. The third-order valence-corrected chi connectivity index (χ3v) is 1.88. The van der Waals surface area contributed by atoms with Gasteiger partial charge in [0.25, 0.3) is 0 Å². The Morgan fingerprint density at radius 3 is 2.62 bits per heavy atom. The highest BCUT2D eigenvalue weighted by Crippen LogP contribution is 2.34. The summed E-state index contributed by atoms with van der Waals surface area (Å²) in [5, 5.41) is 17.7. The first-order chi connectivity index (χ1) is 7.32. The fourth-order valence-electron chi connectivity index (χ4n) is 1.21. The second kappa shape index (κ2) is 4.48. The molecule has 7 heteroatoms. The summed E-state index contributed by atoms with van der Waals surface area (Å²) in [7, 11) is 0. The minimum atomic E-state index is -4.64. The number of carbonyl (C=O) groups is 1. The topological polar surface area (TPSA) is 70.4 Å². The van der Waals surface area contributed by atoms with E-state index < -0.39 is 35.8 Å². The van der Waals surface area contributed by atoms with Gasteiger partial charge < -0.3 is 10.2 Å². The highest BCUT2D eigenvalue weighted by Gasteiger charge is 2.35.